The van der Waals surface area contributed by atoms with Crippen molar-refractivity contribution >= 4 is 5.69 Å². The van der Waals surface area contributed by atoms with E-state index in [1.54, 1.807) is 0 Å². The van der Waals surface area contributed by atoms with E-state index in [1.807, 2.05) is 49.4 Å². The van der Waals surface area contributed by atoms with E-state index < -0.39 is 0 Å². The van der Waals surface area contributed by atoms with Crippen LogP contribution in [0.25, 0.3) is 17.1 Å². The van der Waals surface area contributed by atoms with Crippen LogP contribution in [0.2, 0.25) is 0 Å². The number of hydrogen-bond donors (Lipinski definition) is 1. The van der Waals surface area contributed by atoms with E-state index in [9.17, 15) is 0 Å². The number of nitrogen functional groups attached to an aromatic ring is 1. The van der Waals surface area contributed by atoms with E-state index in [1.165, 1.54) is 5.56 Å². The molecule has 2 aromatic carbocycles. The van der Waals surface area contributed by atoms with Crippen LogP contribution in [0.5, 0.6) is 0 Å². The number of benzene rings is 2. The molecule has 0 amide bonds. The Labute approximate surface area is 124 Å². The van der Waals surface area contributed by atoms with Gasteiger partial charge in [-0.25, -0.2) is 0 Å². The highest BCUT2D eigenvalue weighted by atomic mass is 15.3. The summed E-state index contributed by atoms with van der Waals surface area (Å²) >= 11 is 0. The van der Waals surface area contributed by atoms with Gasteiger partial charge in [0.25, 0.3) is 0 Å². The van der Waals surface area contributed by atoms with Gasteiger partial charge in [0.2, 0.25) is 0 Å². The lowest BCUT2D eigenvalue weighted by molar-refractivity contribution is 0.971. The fourth-order valence-electron chi connectivity index (χ4n) is 2.54. The molecule has 0 saturated heterocycles. The Balaban J connectivity index is 2.27. The lowest BCUT2D eigenvalue weighted by Crippen LogP contribution is -2.02. The van der Waals surface area contributed by atoms with Gasteiger partial charge in [0.05, 0.1) is 0 Å². The second-order valence-electron chi connectivity index (χ2n) is 5.25. The van der Waals surface area contributed by atoms with E-state index in [0.29, 0.717) is 0 Å². The largest absolute Gasteiger partial charge is 0.399 e. The molecule has 0 fully saturated rings. The predicted octanol–water partition coefficient (Wildman–Crippen LogP) is 3.44. The molecule has 4 heteroatoms. The van der Waals surface area contributed by atoms with E-state index in [-0.39, 0.29) is 0 Å². The van der Waals surface area contributed by atoms with Crippen molar-refractivity contribution < 1.29 is 0 Å². The molecule has 3 aromatic rings. The van der Waals surface area contributed by atoms with Gasteiger partial charge in [-0.2, -0.15) is 0 Å². The molecular weight excluding hydrogens is 260 g/mol. The van der Waals surface area contributed by atoms with Crippen LogP contribution in [0.4, 0.5) is 5.69 Å². The first-order chi connectivity index (χ1) is 10.1. The van der Waals surface area contributed by atoms with Crippen molar-refractivity contribution in [2.24, 2.45) is 0 Å². The summed E-state index contributed by atoms with van der Waals surface area (Å²) < 4.78 is 2.06. The molecule has 0 aliphatic heterocycles. The molecule has 0 radical (unpaired) electrons. The average Bonchev–Trinajstić information content (AvgIpc) is 2.85. The second-order valence-corrected chi connectivity index (χ2v) is 5.25. The van der Waals surface area contributed by atoms with Crippen LogP contribution >= 0.6 is 0 Å². The summed E-state index contributed by atoms with van der Waals surface area (Å²) in [5.41, 5.74) is 11.2. The lowest BCUT2D eigenvalue weighted by atomic mass is 10.0. The fourth-order valence-corrected chi connectivity index (χ4v) is 2.54. The third-order valence-electron chi connectivity index (χ3n) is 3.77. The molecule has 1 heterocycles. The molecule has 0 spiro atoms. The first-order valence-electron chi connectivity index (χ1n) is 6.92. The Morgan fingerprint density at radius 2 is 1.67 bits per heavy atom. The maximum Gasteiger partial charge on any atom is 0.168 e. The van der Waals surface area contributed by atoms with Gasteiger partial charge in [-0.3, -0.25) is 4.57 Å². The molecule has 21 heavy (non-hydrogen) atoms. The van der Waals surface area contributed by atoms with Gasteiger partial charge in [0, 0.05) is 16.9 Å². The normalized spacial score (nSPS) is 10.8. The number of aromatic nitrogens is 3. The monoisotopic (exact) mass is 278 g/mol. The zero-order chi connectivity index (χ0) is 15.0. The summed E-state index contributed by atoms with van der Waals surface area (Å²) in [6.07, 6.45) is 0. The molecule has 0 unspecified atom stereocenters. The van der Waals surface area contributed by atoms with E-state index >= 15 is 0 Å². The molecule has 1 aromatic heterocycles. The Hall–Kier alpha value is -2.62. The highest BCUT2D eigenvalue weighted by Gasteiger charge is 2.16. The van der Waals surface area contributed by atoms with Crippen LogP contribution in [-0.2, 0) is 0 Å². The SMILES string of the molecule is Cc1cc(N)cc(-c2nnc(C)n2-c2ccccc2)c1C. The highest BCUT2D eigenvalue weighted by molar-refractivity contribution is 5.69. The second kappa shape index (κ2) is 5.05. The summed E-state index contributed by atoms with van der Waals surface area (Å²) in [5, 5.41) is 8.60. The van der Waals surface area contributed by atoms with Gasteiger partial charge in [0.1, 0.15) is 5.82 Å². The average molecular weight is 278 g/mol. The van der Waals surface area contributed by atoms with Crippen LogP contribution < -0.4 is 5.73 Å². The highest BCUT2D eigenvalue weighted by Crippen LogP contribution is 2.29. The van der Waals surface area contributed by atoms with E-state index in [2.05, 4.69) is 28.6 Å². The molecule has 106 valence electrons. The van der Waals surface area contributed by atoms with Crippen molar-refractivity contribution in [3.63, 3.8) is 0 Å². The Bertz CT molecular complexity index is 788. The number of aryl methyl sites for hydroxylation is 2. The van der Waals surface area contributed by atoms with Gasteiger partial charge >= 0.3 is 0 Å². The van der Waals surface area contributed by atoms with Gasteiger partial charge in [-0.15, -0.1) is 10.2 Å². The fraction of sp³-hybridized carbons (Fsp3) is 0.176. The van der Waals surface area contributed by atoms with Crippen LogP contribution in [0.1, 0.15) is 17.0 Å². The van der Waals surface area contributed by atoms with E-state index in [0.717, 1.165) is 34.2 Å². The quantitative estimate of drug-likeness (QED) is 0.730. The summed E-state index contributed by atoms with van der Waals surface area (Å²) in [6.45, 7) is 6.10. The molecule has 0 saturated carbocycles. The summed E-state index contributed by atoms with van der Waals surface area (Å²) in [7, 11) is 0. The van der Waals surface area contributed by atoms with Gasteiger partial charge in [0.15, 0.2) is 5.82 Å². The molecule has 0 atom stereocenters. The molecule has 2 N–H and O–H groups in total. The lowest BCUT2D eigenvalue weighted by Gasteiger charge is -2.12. The smallest absolute Gasteiger partial charge is 0.168 e. The van der Waals surface area contributed by atoms with Gasteiger partial charge in [-0.1, -0.05) is 18.2 Å². The van der Waals surface area contributed by atoms with Gasteiger partial charge in [-0.05, 0) is 56.2 Å². The van der Waals surface area contributed by atoms with Crippen molar-refractivity contribution in [1.82, 2.24) is 14.8 Å². The number of para-hydroxylation sites is 1. The Kier molecular flexibility index (Phi) is 3.22. The standard InChI is InChI=1S/C17H18N4/c1-11-9-14(18)10-16(12(11)2)17-20-19-13(3)21(17)15-7-5-4-6-8-15/h4-10H,18H2,1-3H3. The Morgan fingerprint density at radius 3 is 2.38 bits per heavy atom. The van der Waals surface area contributed by atoms with Crippen LogP contribution in [0.3, 0.4) is 0 Å². The molecule has 4 nitrogen and oxygen atoms in total. The Morgan fingerprint density at radius 1 is 0.952 bits per heavy atom. The number of hydrogen-bond acceptors (Lipinski definition) is 3. The predicted molar refractivity (Wildman–Crippen MR) is 85.4 cm³/mol. The van der Waals surface area contributed by atoms with Crippen LogP contribution in [0.15, 0.2) is 42.5 Å². The van der Waals surface area contributed by atoms with Crippen LogP contribution in [0, 0.1) is 20.8 Å². The van der Waals surface area contributed by atoms with Crippen molar-refractivity contribution in [3.05, 3.63) is 59.4 Å². The van der Waals surface area contributed by atoms with Crippen molar-refractivity contribution in [2.75, 3.05) is 5.73 Å². The molecule has 0 aliphatic carbocycles. The molecular formula is C17H18N4. The summed E-state index contributed by atoms with van der Waals surface area (Å²) in [5.74, 6) is 1.68. The van der Waals surface area contributed by atoms with E-state index in [4.69, 9.17) is 5.73 Å². The summed E-state index contributed by atoms with van der Waals surface area (Å²) in [6, 6.07) is 14.1. The maximum absolute atomic E-state index is 6.00. The number of nitrogens with two attached hydrogens (primary N) is 1. The van der Waals surface area contributed by atoms with Crippen molar-refractivity contribution in [2.45, 2.75) is 20.8 Å². The molecule has 3 rings (SSSR count). The minimum Gasteiger partial charge on any atom is -0.399 e. The summed E-state index contributed by atoms with van der Waals surface area (Å²) in [4.78, 5) is 0. The first-order valence-corrected chi connectivity index (χ1v) is 6.92. The minimum absolute atomic E-state index is 0.744. The third-order valence-corrected chi connectivity index (χ3v) is 3.77. The maximum atomic E-state index is 6.00. The van der Waals surface area contributed by atoms with Crippen molar-refractivity contribution in [3.8, 4) is 17.1 Å². The zero-order valence-electron chi connectivity index (χ0n) is 12.5. The number of nitrogens with zero attached hydrogens (tertiary/aromatic N) is 3. The molecule has 0 bridgehead atoms. The number of anilines is 1. The van der Waals surface area contributed by atoms with Crippen LogP contribution in [-0.4, -0.2) is 14.8 Å². The minimum atomic E-state index is 0.744. The molecule has 0 aliphatic rings. The third kappa shape index (κ3) is 2.29. The zero-order valence-corrected chi connectivity index (χ0v) is 12.5. The van der Waals surface area contributed by atoms with Gasteiger partial charge < -0.3 is 5.73 Å². The topological polar surface area (TPSA) is 56.7 Å². The number of rotatable bonds is 2. The van der Waals surface area contributed by atoms with Crippen molar-refractivity contribution in [1.29, 1.82) is 0 Å². The first kappa shape index (κ1) is 13.4.